The molecule has 1 saturated heterocycles. The summed E-state index contributed by atoms with van der Waals surface area (Å²) in [6, 6.07) is 10.4. The number of rotatable bonds is 7. The van der Waals surface area contributed by atoms with Gasteiger partial charge in [-0.1, -0.05) is 29.3 Å². The normalized spacial score (nSPS) is 14.7. The van der Waals surface area contributed by atoms with Crippen LogP contribution in [-0.4, -0.2) is 44.2 Å². The molecule has 0 unspecified atom stereocenters. The minimum absolute atomic E-state index is 0.0870. The molecule has 0 aromatic heterocycles. The Bertz CT molecular complexity index is 1020. The van der Waals surface area contributed by atoms with Crippen molar-refractivity contribution >= 4 is 45.0 Å². The molecule has 0 radical (unpaired) electrons. The number of ether oxygens (including phenoxy) is 1. The summed E-state index contributed by atoms with van der Waals surface area (Å²) in [6.07, 6.45) is 1.61. The fourth-order valence-electron chi connectivity index (χ4n) is 2.99. The standard InChI is InChI=1S/C20H19Cl2NO5S/c21-16-6-3-15(18(22)12-16)11-20(25)28-13-19(24)14-4-7-17(8-5-14)29(26,27)23-9-1-2-10-23/h3-8,12H,1-2,9-11,13H2. The first-order chi connectivity index (χ1) is 13.8. The third-order valence-corrected chi connectivity index (χ3v) is 7.09. The Morgan fingerprint density at radius 2 is 1.66 bits per heavy atom. The molecule has 6 nitrogen and oxygen atoms in total. The summed E-state index contributed by atoms with van der Waals surface area (Å²) in [5.74, 6) is -1.03. The first kappa shape index (κ1) is 21.8. The summed E-state index contributed by atoms with van der Waals surface area (Å²) in [7, 11) is -3.53. The van der Waals surface area contributed by atoms with Crippen molar-refractivity contribution in [2.75, 3.05) is 19.7 Å². The number of carbonyl (C=O) groups is 2. The molecule has 1 fully saturated rings. The molecule has 2 aromatic carbocycles. The van der Waals surface area contributed by atoms with Crippen molar-refractivity contribution in [3.05, 3.63) is 63.6 Å². The highest BCUT2D eigenvalue weighted by Crippen LogP contribution is 2.22. The fourth-order valence-corrected chi connectivity index (χ4v) is 4.98. The minimum atomic E-state index is -3.53. The Hall–Kier alpha value is -1.93. The number of esters is 1. The number of ketones is 1. The van der Waals surface area contributed by atoms with Crippen LogP contribution in [0.25, 0.3) is 0 Å². The molecule has 0 saturated carbocycles. The molecule has 1 aliphatic rings. The molecule has 0 spiro atoms. The minimum Gasteiger partial charge on any atom is -0.457 e. The zero-order valence-corrected chi connectivity index (χ0v) is 17.8. The van der Waals surface area contributed by atoms with Crippen molar-refractivity contribution in [1.82, 2.24) is 4.31 Å². The second-order valence-electron chi connectivity index (χ2n) is 6.63. The predicted molar refractivity (Wildman–Crippen MR) is 110 cm³/mol. The Balaban J connectivity index is 1.57. The molecule has 0 atom stereocenters. The van der Waals surface area contributed by atoms with Gasteiger partial charge in [-0.15, -0.1) is 0 Å². The van der Waals surface area contributed by atoms with E-state index < -0.39 is 28.4 Å². The lowest BCUT2D eigenvalue weighted by Gasteiger charge is -2.15. The van der Waals surface area contributed by atoms with Gasteiger partial charge in [0.25, 0.3) is 0 Å². The number of sulfonamides is 1. The zero-order valence-electron chi connectivity index (χ0n) is 15.4. The van der Waals surface area contributed by atoms with Crippen molar-refractivity contribution in [2.45, 2.75) is 24.2 Å². The van der Waals surface area contributed by atoms with Crippen LogP contribution in [0.2, 0.25) is 10.0 Å². The largest absolute Gasteiger partial charge is 0.457 e. The van der Waals surface area contributed by atoms with E-state index in [1.54, 1.807) is 12.1 Å². The Morgan fingerprint density at radius 1 is 1.00 bits per heavy atom. The van der Waals surface area contributed by atoms with Crippen LogP contribution in [0.15, 0.2) is 47.4 Å². The average Bonchev–Trinajstić information content (AvgIpc) is 3.24. The van der Waals surface area contributed by atoms with E-state index in [0.717, 1.165) is 12.8 Å². The molecule has 3 rings (SSSR count). The molecule has 29 heavy (non-hydrogen) atoms. The highest BCUT2D eigenvalue weighted by Gasteiger charge is 2.27. The molecule has 1 heterocycles. The van der Waals surface area contributed by atoms with E-state index >= 15 is 0 Å². The van der Waals surface area contributed by atoms with Gasteiger partial charge in [-0.25, -0.2) is 8.42 Å². The maximum atomic E-state index is 12.5. The van der Waals surface area contributed by atoms with Crippen molar-refractivity contribution in [2.24, 2.45) is 0 Å². The number of halogens is 2. The van der Waals surface area contributed by atoms with Crippen molar-refractivity contribution in [3.8, 4) is 0 Å². The van der Waals surface area contributed by atoms with Crippen LogP contribution < -0.4 is 0 Å². The zero-order chi connectivity index (χ0) is 21.0. The lowest BCUT2D eigenvalue weighted by Crippen LogP contribution is -2.27. The molecule has 0 aliphatic carbocycles. The monoisotopic (exact) mass is 455 g/mol. The van der Waals surface area contributed by atoms with E-state index in [1.807, 2.05) is 0 Å². The van der Waals surface area contributed by atoms with Gasteiger partial charge in [0.1, 0.15) is 0 Å². The third kappa shape index (κ3) is 5.36. The topological polar surface area (TPSA) is 80.8 Å². The Morgan fingerprint density at radius 3 is 2.28 bits per heavy atom. The van der Waals surface area contributed by atoms with Crippen LogP contribution in [0.5, 0.6) is 0 Å². The van der Waals surface area contributed by atoms with E-state index in [1.165, 1.54) is 34.6 Å². The Kier molecular flexibility index (Phi) is 6.95. The van der Waals surface area contributed by atoms with Crippen LogP contribution in [-0.2, 0) is 26.0 Å². The maximum absolute atomic E-state index is 12.5. The van der Waals surface area contributed by atoms with Gasteiger partial charge in [-0.3, -0.25) is 9.59 Å². The lowest BCUT2D eigenvalue weighted by molar-refractivity contribution is -0.141. The van der Waals surface area contributed by atoms with E-state index in [2.05, 4.69) is 0 Å². The molecule has 1 aliphatic heterocycles. The quantitative estimate of drug-likeness (QED) is 0.469. The van der Waals surface area contributed by atoms with Gasteiger partial charge >= 0.3 is 5.97 Å². The van der Waals surface area contributed by atoms with Gasteiger partial charge in [-0.2, -0.15) is 4.31 Å². The maximum Gasteiger partial charge on any atom is 0.310 e. The number of hydrogen-bond donors (Lipinski definition) is 0. The summed E-state index contributed by atoms with van der Waals surface area (Å²) in [6.45, 7) is 0.579. The van der Waals surface area contributed by atoms with Gasteiger partial charge in [0.15, 0.2) is 12.4 Å². The molecular formula is C20H19Cl2NO5S. The SMILES string of the molecule is O=C(Cc1ccc(Cl)cc1Cl)OCC(=O)c1ccc(S(=O)(=O)N2CCCC2)cc1. The molecule has 0 bridgehead atoms. The second-order valence-corrected chi connectivity index (χ2v) is 9.41. The summed E-state index contributed by atoms with van der Waals surface area (Å²) >= 11 is 11.8. The first-order valence-corrected chi connectivity index (χ1v) is 11.2. The number of carbonyl (C=O) groups excluding carboxylic acids is 2. The van der Waals surface area contributed by atoms with Gasteiger partial charge in [0.05, 0.1) is 11.3 Å². The number of Topliss-reactive ketones (excluding diaryl/α,β-unsaturated/α-hetero) is 1. The second kappa shape index (κ2) is 9.26. The number of nitrogens with zero attached hydrogens (tertiary/aromatic N) is 1. The van der Waals surface area contributed by atoms with E-state index in [9.17, 15) is 18.0 Å². The average molecular weight is 456 g/mol. The van der Waals surface area contributed by atoms with Crippen LogP contribution in [0.1, 0.15) is 28.8 Å². The van der Waals surface area contributed by atoms with Crippen molar-refractivity contribution in [1.29, 1.82) is 0 Å². The highest BCUT2D eigenvalue weighted by atomic mass is 35.5. The van der Waals surface area contributed by atoms with Crippen molar-refractivity contribution in [3.63, 3.8) is 0 Å². The summed E-state index contributed by atoms with van der Waals surface area (Å²) in [5.41, 5.74) is 0.813. The molecule has 9 heteroatoms. The molecule has 2 aromatic rings. The smallest absolute Gasteiger partial charge is 0.310 e. The van der Waals surface area contributed by atoms with Crippen LogP contribution in [0, 0.1) is 0 Å². The van der Waals surface area contributed by atoms with E-state index in [0.29, 0.717) is 28.7 Å². The summed E-state index contributed by atoms with van der Waals surface area (Å²) < 4.78 is 31.5. The molecule has 154 valence electrons. The van der Waals surface area contributed by atoms with E-state index in [-0.39, 0.29) is 16.9 Å². The van der Waals surface area contributed by atoms with Gasteiger partial charge in [0, 0.05) is 28.7 Å². The molecule has 0 amide bonds. The van der Waals surface area contributed by atoms with Gasteiger partial charge in [0.2, 0.25) is 10.0 Å². The first-order valence-electron chi connectivity index (χ1n) is 9.00. The van der Waals surface area contributed by atoms with Crippen LogP contribution in [0.3, 0.4) is 0 Å². The summed E-state index contributed by atoms with van der Waals surface area (Å²) in [5, 5.41) is 0.799. The Labute approximate surface area is 179 Å². The van der Waals surface area contributed by atoms with Crippen LogP contribution in [0.4, 0.5) is 0 Å². The molecular weight excluding hydrogens is 437 g/mol. The third-order valence-electron chi connectivity index (χ3n) is 4.59. The van der Waals surface area contributed by atoms with Crippen LogP contribution >= 0.6 is 23.2 Å². The predicted octanol–water partition coefficient (Wildman–Crippen LogP) is 3.75. The van der Waals surface area contributed by atoms with Gasteiger partial charge in [-0.05, 0) is 54.8 Å². The molecule has 0 N–H and O–H groups in total. The summed E-state index contributed by atoms with van der Waals surface area (Å²) in [4.78, 5) is 24.4. The van der Waals surface area contributed by atoms with Crippen molar-refractivity contribution < 1.29 is 22.7 Å². The highest BCUT2D eigenvalue weighted by molar-refractivity contribution is 7.89. The number of benzene rings is 2. The number of hydrogen-bond acceptors (Lipinski definition) is 5. The lowest BCUT2D eigenvalue weighted by atomic mass is 10.1. The van der Waals surface area contributed by atoms with Gasteiger partial charge < -0.3 is 4.74 Å². The van der Waals surface area contributed by atoms with E-state index in [4.69, 9.17) is 27.9 Å². The fraction of sp³-hybridized carbons (Fsp3) is 0.300.